The lowest BCUT2D eigenvalue weighted by atomic mass is 9.90. The first-order valence-corrected chi connectivity index (χ1v) is 6.39. The third-order valence-electron chi connectivity index (χ3n) is 4.00. The van der Waals surface area contributed by atoms with Crippen molar-refractivity contribution in [3.63, 3.8) is 0 Å². The van der Waals surface area contributed by atoms with Crippen LogP contribution in [-0.2, 0) is 6.42 Å². The Kier molecular flexibility index (Phi) is 2.60. The summed E-state index contributed by atoms with van der Waals surface area (Å²) in [6.07, 6.45) is 3.89. The maximum atomic E-state index is 3.50. The summed E-state index contributed by atoms with van der Waals surface area (Å²) in [7, 11) is 2.19. The minimum Gasteiger partial charge on any atom is -0.374 e. The van der Waals surface area contributed by atoms with Gasteiger partial charge in [-0.05, 0) is 48.9 Å². The Hall–Kier alpha value is -1.02. The van der Waals surface area contributed by atoms with Gasteiger partial charge < -0.3 is 10.2 Å². The number of hydrogen-bond donors (Lipinski definition) is 1. The zero-order valence-electron chi connectivity index (χ0n) is 10.00. The second-order valence-corrected chi connectivity index (χ2v) is 5.10. The molecule has 0 spiro atoms. The molecule has 0 amide bonds. The first-order valence-electron chi connectivity index (χ1n) is 6.39. The standard InChI is InChI=1S/C14H20N2/c1-16-8-6-12-9-11(4-5-14(12)16)13-3-2-7-15-10-13/h4-5,9,13,15H,2-3,6-8,10H2,1H3. The maximum Gasteiger partial charge on any atom is 0.0397 e. The van der Waals surface area contributed by atoms with Gasteiger partial charge in [-0.15, -0.1) is 0 Å². The normalized spacial score (nSPS) is 24.6. The van der Waals surface area contributed by atoms with Gasteiger partial charge in [-0.25, -0.2) is 0 Å². The number of piperidine rings is 1. The van der Waals surface area contributed by atoms with E-state index in [1.807, 2.05) is 0 Å². The van der Waals surface area contributed by atoms with Crippen molar-refractivity contribution in [1.29, 1.82) is 0 Å². The molecule has 0 bridgehead atoms. The zero-order valence-corrected chi connectivity index (χ0v) is 10.00. The van der Waals surface area contributed by atoms with E-state index in [1.54, 1.807) is 11.1 Å². The van der Waals surface area contributed by atoms with E-state index in [2.05, 4.69) is 35.5 Å². The van der Waals surface area contributed by atoms with Crippen LogP contribution in [0.3, 0.4) is 0 Å². The molecule has 2 nitrogen and oxygen atoms in total. The third kappa shape index (κ3) is 1.71. The molecule has 2 aliphatic rings. The van der Waals surface area contributed by atoms with E-state index >= 15 is 0 Å². The summed E-state index contributed by atoms with van der Waals surface area (Å²) in [5.74, 6) is 0.741. The highest BCUT2D eigenvalue weighted by atomic mass is 15.1. The van der Waals surface area contributed by atoms with Gasteiger partial charge in [-0.3, -0.25) is 0 Å². The third-order valence-corrected chi connectivity index (χ3v) is 4.00. The van der Waals surface area contributed by atoms with Crippen LogP contribution < -0.4 is 10.2 Å². The monoisotopic (exact) mass is 216 g/mol. The molecule has 1 fully saturated rings. The van der Waals surface area contributed by atoms with Crippen molar-refractivity contribution in [2.24, 2.45) is 0 Å². The van der Waals surface area contributed by atoms with Crippen LogP contribution >= 0.6 is 0 Å². The Morgan fingerprint density at radius 1 is 1.38 bits per heavy atom. The van der Waals surface area contributed by atoms with Crippen LogP contribution in [0.5, 0.6) is 0 Å². The fourth-order valence-electron chi connectivity index (χ4n) is 2.98. The predicted octanol–water partition coefficient (Wildman–Crippen LogP) is 2.15. The van der Waals surface area contributed by atoms with Gasteiger partial charge in [0.25, 0.3) is 0 Å². The Balaban J connectivity index is 1.86. The molecule has 0 aromatic heterocycles. The van der Waals surface area contributed by atoms with Gasteiger partial charge in [-0.2, -0.15) is 0 Å². The number of rotatable bonds is 1. The van der Waals surface area contributed by atoms with Crippen molar-refractivity contribution >= 4 is 5.69 Å². The number of benzene rings is 1. The highest BCUT2D eigenvalue weighted by Gasteiger charge is 2.19. The molecule has 1 atom stereocenters. The number of fused-ring (bicyclic) bond motifs is 1. The van der Waals surface area contributed by atoms with Crippen LogP contribution in [-0.4, -0.2) is 26.7 Å². The van der Waals surface area contributed by atoms with Crippen molar-refractivity contribution in [1.82, 2.24) is 5.32 Å². The quantitative estimate of drug-likeness (QED) is 0.774. The van der Waals surface area contributed by atoms with Crippen LogP contribution in [0.1, 0.15) is 29.9 Å². The van der Waals surface area contributed by atoms with E-state index in [-0.39, 0.29) is 0 Å². The molecule has 3 rings (SSSR count). The largest absolute Gasteiger partial charge is 0.374 e. The molecular formula is C14H20N2. The summed E-state index contributed by atoms with van der Waals surface area (Å²) in [5, 5.41) is 3.50. The Bertz CT molecular complexity index is 380. The molecule has 0 aliphatic carbocycles. The molecule has 1 aromatic rings. The highest BCUT2D eigenvalue weighted by molar-refractivity contribution is 5.58. The van der Waals surface area contributed by atoms with Crippen LogP contribution in [0.15, 0.2) is 18.2 Å². The first kappa shape index (κ1) is 10.2. The second kappa shape index (κ2) is 4.10. The van der Waals surface area contributed by atoms with Crippen LogP contribution in [0.4, 0.5) is 5.69 Å². The van der Waals surface area contributed by atoms with Gasteiger partial charge in [-0.1, -0.05) is 12.1 Å². The van der Waals surface area contributed by atoms with Gasteiger partial charge in [0.05, 0.1) is 0 Å². The molecule has 2 aliphatic heterocycles. The van der Waals surface area contributed by atoms with Crippen LogP contribution in [0.2, 0.25) is 0 Å². The number of nitrogens with zero attached hydrogens (tertiary/aromatic N) is 1. The summed E-state index contributed by atoms with van der Waals surface area (Å²) in [6.45, 7) is 3.54. The lowest BCUT2D eigenvalue weighted by Gasteiger charge is -2.24. The average molecular weight is 216 g/mol. The lowest BCUT2D eigenvalue weighted by molar-refractivity contribution is 0.461. The minimum atomic E-state index is 0.741. The Morgan fingerprint density at radius 2 is 2.31 bits per heavy atom. The molecule has 1 saturated heterocycles. The molecule has 86 valence electrons. The summed E-state index contributed by atoms with van der Waals surface area (Å²) < 4.78 is 0. The van der Waals surface area contributed by atoms with Gasteiger partial charge in [0, 0.05) is 25.8 Å². The highest BCUT2D eigenvalue weighted by Crippen LogP contribution is 2.31. The van der Waals surface area contributed by atoms with E-state index < -0.39 is 0 Å². The molecule has 16 heavy (non-hydrogen) atoms. The molecule has 2 heteroatoms. The molecule has 1 unspecified atom stereocenters. The number of anilines is 1. The molecule has 1 N–H and O–H groups in total. The number of hydrogen-bond acceptors (Lipinski definition) is 2. The molecule has 2 heterocycles. The Labute approximate surface area is 97.6 Å². The van der Waals surface area contributed by atoms with E-state index in [0.717, 1.165) is 12.5 Å². The fraction of sp³-hybridized carbons (Fsp3) is 0.571. The summed E-state index contributed by atoms with van der Waals surface area (Å²) in [4.78, 5) is 2.36. The molecule has 1 aromatic carbocycles. The van der Waals surface area contributed by atoms with Crippen molar-refractivity contribution in [2.45, 2.75) is 25.2 Å². The van der Waals surface area contributed by atoms with Crippen LogP contribution in [0.25, 0.3) is 0 Å². The zero-order chi connectivity index (χ0) is 11.0. The van der Waals surface area contributed by atoms with E-state index in [0.29, 0.717) is 0 Å². The van der Waals surface area contributed by atoms with Crippen molar-refractivity contribution in [2.75, 3.05) is 31.6 Å². The van der Waals surface area contributed by atoms with Crippen molar-refractivity contribution in [3.05, 3.63) is 29.3 Å². The SMILES string of the molecule is CN1CCc2cc(C3CCCNC3)ccc21. The number of nitrogens with one attached hydrogen (secondary N) is 1. The Morgan fingerprint density at radius 3 is 3.12 bits per heavy atom. The van der Waals surface area contributed by atoms with Crippen LogP contribution in [0, 0.1) is 0 Å². The summed E-state index contributed by atoms with van der Waals surface area (Å²) in [5.41, 5.74) is 4.53. The minimum absolute atomic E-state index is 0.741. The molecule has 0 radical (unpaired) electrons. The van der Waals surface area contributed by atoms with Gasteiger partial charge in [0.15, 0.2) is 0 Å². The summed E-state index contributed by atoms with van der Waals surface area (Å²) in [6, 6.07) is 7.08. The molecule has 0 saturated carbocycles. The van der Waals surface area contributed by atoms with Gasteiger partial charge in [0.1, 0.15) is 0 Å². The fourth-order valence-corrected chi connectivity index (χ4v) is 2.98. The van der Waals surface area contributed by atoms with E-state index in [9.17, 15) is 0 Å². The smallest absolute Gasteiger partial charge is 0.0397 e. The molecular weight excluding hydrogens is 196 g/mol. The topological polar surface area (TPSA) is 15.3 Å². The van der Waals surface area contributed by atoms with Gasteiger partial charge >= 0.3 is 0 Å². The van der Waals surface area contributed by atoms with E-state index in [1.165, 1.54) is 38.0 Å². The van der Waals surface area contributed by atoms with Crippen molar-refractivity contribution < 1.29 is 0 Å². The predicted molar refractivity (Wildman–Crippen MR) is 68.3 cm³/mol. The lowest BCUT2D eigenvalue weighted by Crippen LogP contribution is -2.28. The van der Waals surface area contributed by atoms with Crippen molar-refractivity contribution in [3.8, 4) is 0 Å². The summed E-state index contributed by atoms with van der Waals surface area (Å²) >= 11 is 0. The van der Waals surface area contributed by atoms with Gasteiger partial charge in [0.2, 0.25) is 0 Å². The average Bonchev–Trinajstić information content (AvgIpc) is 2.72. The van der Waals surface area contributed by atoms with E-state index in [4.69, 9.17) is 0 Å². The first-order chi connectivity index (χ1) is 7.84. The number of likely N-dealkylation sites (N-methyl/N-ethyl adjacent to an activating group) is 1. The maximum absolute atomic E-state index is 3.50. The second-order valence-electron chi connectivity index (χ2n) is 5.10.